The lowest BCUT2D eigenvalue weighted by molar-refractivity contribution is 0.483. The first-order chi connectivity index (χ1) is 8.66. The van der Waals surface area contributed by atoms with Crippen molar-refractivity contribution in [3.63, 3.8) is 0 Å². The SMILES string of the molecule is O=S1(=O)CCC(NCC=Cc2ccccc2)CC1. The second-order valence-corrected chi connectivity index (χ2v) is 6.95. The summed E-state index contributed by atoms with van der Waals surface area (Å²) in [7, 11) is -2.75. The molecule has 2 rings (SSSR count). The number of rotatable bonds is 4. The molecule has 1 aromatic carbocycles. The highest BCUT2D eigenvalue weighted by Gasteiger charge is 2.22. The molecule has 98 valence electrons. The minimum Gasteiger partial charge on any atom is -0.310 e. The maximum Gasteiger partial charge on any atom is 0.150 e. The zero-order valence-electron chi connectivity index (χ0n) is 10.4. The van der Waals surface area contributed by atoms with Gasteiger partial charge in [0.1, 0.15) is 9.84 Å². The van der Waals surface area contributed by atoms with Gasteiger partial charge in [0.05, 0.1) is 11.5 Å². The summed E-state index contributed by atoms with van der Waals surface area (Å²) in [6, 6.07) is 10.5. The molecule has 0 atom stereocenters. The Balaban J connectivity index is 1.72. The van der Waals surface area contributed by atoms with Crippen LogP contribution in [-0.2, 0) is 9.84 Å². The van der Waals surface area contributed by atoms with Crippen LogP contribution in [0.4, 0.5) is 0 Å². The summed E-state index contributed by atoms with van der Waals surface area (Å²) >= 11 is 0. The highest BCUT2D eigenvalue weighted by molar-refractivity contribution is 7.91. The van der Waals surface area contributed by atoms with Gasteiger partial charge in [0, 0.05) is 12.6 Å². The van der Waals surface area contributed by atoms with Crippen LogP contribution in [0.5, 0.6) is 0 Å². The Kier molecular flexibility index (Phi) is 4.55. The van der Waals surface area contributed by atoms with Crippen molar-refractivity contribution in [1.82, 2.24) is 5.32 Å². The molecule has 18 heavy (non-hydrogen) atoms. The van der Waals surface area contributed by atoms with E-state index in [4.69, 9.17) is 0 Å². The Morgan fingerprint density at radius 2 is 1.83 bits per heavy atom. The summed E-state index contributed by atoms with van der Waals surface area (Å²) < 4.78 is 22.5. The fourth-order valence-corrected chi connectivity index (χ4v) is 3.58. The van der Waals surface area contributed by atoms with E-state index < -0.39 is 9.84 Å². The van der Waals surface area contributed by atoms with E-state index >= 15 is 0 Å². The van der Waals surface area contributed by atoms with Gasteiger partial charge in [0.2, 0.25) is 0 Å². The molecule has 1 fully saturated rings. The zero-order chi connectivity index (χ0) is 12.8. The van der Waals surface area contributed by atoms with Gasteiger partial charge in [0.15, 0.2) is 0 Å². The minimum absolute atomic E-state index is 0.326. The summed E-state index contributed by atoms with van der Waals surface area (Å²) in [5, 5.41) is 3.38. The molecule has 3 nitrogen and oxygen atoms in total. The summed E-state index contributed by atoms with van der Waals surface area (Å²) in [6.07, 6.45) is 5.63. The molecule has 0 unspecified atom stereocenters. The van der Waals surface area contributed by atoms with Crippen molar-refractivity contribution in [2.45, 2.75) is 18.9 Å². The quantitative estimate of drug-likeness (QED) is 0.904. The standard InChI is InChI=1S/C14H19NO2S/c16-18(17)11-8-14(9-12-18)15-10-4-7-13-5-2-1-3-6-13/h1-7,14-15H,8-12H2. The molecular weight excluding hydrogens is 246 g/mol. The topological polar surface area (TPSA) is 46.2 Å². The molecule has 1 aliphatic rings. The van der Waals surface area contributed by atoms with Crippen LogP contribution in [0.3, 0.4) is 0 Å². The van der Waals surface area contributed by atoms with Crippen LogP contribution in [-0.4, -0.2) is 32.5 Å². The van der Waals surface area contributed by atoms with Gasteiger partial charge in [-0.3, -0.25) is 0 Å². The Morgan fingerprint density at radius 3 is 2.50 bits per heavy atom. The van der Waals surface area contributed by atoms with Gasteiger partial charge >= 0.3 is 0 Å². The lowest BCUT2D eigenvalue weighted by Crippen LogP contribution is -2.37. The van der Waals surface area contributed by atoms with Crippen LogP contribution in [0.1, 0.15) is 18.4 Å². The zero-order valence-corrected chi connectivity index (χ0v) is 11.2. The van der Waals surface area contributed by atoms with Crippen molar-refractivity contribution in [3.8, 4) is 0 Å². The monoisotopic (exact) mass is 265 g/mol. The van der Waals surface area contributed by atoms with Crippen LogP contribution >= 0.6 is 0 Å². The fraction of sp³-hybridized carbons (Fsp3) is 0.429. The maximum atomic E-state index is 11.3. The number of hydrogen-bond donors (Lipinski definition) is 1. The van der Waals surface area contributed by atoms with Gasteiger partial charge in [-0.05, 0) is 18.4 Å². The van der Waals surface area contributed by atoms with Crippen LogP contribution in [0.25, 0.3) is 6.08 Å². The van der Waals surface area contributed by atoms with Crippen LogP contribution in [0, 0.1) is 0 Å². The van der Waals surface area contributed by atoms with E-state index in [1.807, 2.05) is 18.2 Å². The molecule has 1 heterocycles. The largest absolute Gasteiger partial charge is 0.310 e. The average Bonchev–Trinajstić information content (AvgIpc) is 2.37. The van der Waals surface area contributed by atoms with Gasteiger partial charge in [-0.25, -0.2) is 8.42 Å². The van der Waals surface area contributed by atoms with Gasteiger partial charge in [-0.2, -0.15) is 0 Å². The summed E-state index contributed by atoms with van der Waals surface area (Å²) in [5.74, 6) is 0.653. The molecule has 1 N–H and O–H groups in total. The molecule has 0 radical (unpaired) electrons. The highest BCUT2D eigenvalue weighted by atomic mass is 32.2. The van der Waals surface area contributed by atoms with Crippen molar-refractivity contribution in [2.75, 3.05) is 18.1 Å². The van der Waals surface area contributed by atoms with E-state index in [1.165, 1.54) is 5.56 Å². The molecule has 0 aromatic heterocycles. The van der Waals surface area contributed by atoms with Crippen LogP contribution < -0.4 is 5.32 Å². The average molecular weight is 265 g/mol. The van der Waals surface area contributed by atoms with Gasteiger partial charge in [-0.1, -0.05) is 42.5 Å². The number of hydrogen-bond acceptors (Lipinski definition) is 3. The summed E-state index contributed by atoms with van der Waals surface area (Å²) in [5.41, 5.74) is 1.19. The summed E-state index contributed by atoms with van der Waals surface area (Å²) in [4.78, 5) is 0. The minimum atomic E-state index is -2.75. The molecule has 0 bridgehead atoms. The molecule has 1 saturated heterocycles. The number of sulfone groups is 1. The third-order valence-electron chi connectivity index (χ3n) is 3.19. The van der Waals surface area contributed by atoms with E-state index in [0.717, 1.165) is 19.4 Å². The Morgan fingerprint density at radius 1 is 1.17 bits per heavy atom. The lowest BCUT2D eigenvalue weighted by Gasteiger charge is -2.22. The molecule has 0 amide bonds. The Bertz CT molecular complexity index is 480. The van der Waals surface area contributed by atoms with Crippen molar-refractivity contribution in [2.24, 2.45) is 0 Å². The van der Waals surface area contributed by atoms with Gasteiger partial charge in [0.25, 0.3) is 0 Å². The molecule has 4 heteroatoms. The predicted octanol–water partition coefficient (Wildman–Crippen LogP) is 1.87. The molecular formula is C14H19NO2S. The third-order valence-corrected chi connectivity index (χ3v) is 4.90. The van der Waals surface area contributed by atoms with Crippen molar-refractivity contribution >= 4 is 15.9 Å². The lowest BCUT2D eigenvalue weighted by atomic mass is 10.1. The molecule has 0 aliphatic carbocycles. The first-order valence-electron chi connectivity index (χ1n) is 6.31. The predicted molar refractivity (Wildman–Crippen MR) is 75.2 cm³/mol. The van der Waals surface area contributed by atoms with E-state index in [0.29, 0.717) is 17.5 Å². The Hall–Kier alpha value is -1.13. The van der Waals surface area contributed by atoms with Gasteiger partial charge < -0.3 is 5.32 Å². The summed E-state index contributed by atoms with van der Waals surface area (Å²) in [6.45, 7) is 0.791. The first kappa shape index (κ1) is 13.3. The highest BCUT2D eigenvalue weighted by Crippen LogP contribution is 2.11. The van der Waals surface area contributed by atoms with Gasteiger partial charge in [-0.15, -0.1) is 0 Å². The fourth-order valence-electron chi connectivity index (χ4n) is 2.09. The number of benzene rings is 1. The maximum absolute atomic E-state index is 11.3. The molecule has 0 spiro atoms. The van der Waals surface area contributed by atoms with E-state index in [9.17, 15) is 8.42 Å². The van der Waals surface area contributed by atoms with E-state index in [2.05, 4.69) is 29.6 Å². The Labute approximate surface area is 109 Å². The van der Waals surface area contributed by atoms with Crippen LogP contribution in [0.15, 0.2) is 36.4 Å². The second-order valence-electron chi connectivity index (χ2n) is 4.65. The molecule has 1 aliphatic heterocycles. The number of nitrogens with one attached hydrogen (secondary N) is 1. The normalized spacial score (nSPS) is 20.2. The van der Waals surface area contributed by atoms with Crippen LogP contribution in [0.2, 0.25) is 0 Å². The third kappa shape index (κ3) is 4.27. The van der Waals surface area contributed by atoms with E-state index in [-0.39, 0.29) is 0 Å². The smallest absolute Gasteiger partial charge is 0.150 e. The van der Waals surface area contributed by atoms with Crippen molar-refractivity contribution in [1.29, 1.82) is 0 Å². The van der Waals surface area contributed by atoms with E-state index in [1.54, 1.807) is 0 Å². The van der Waals surface area contributed by atoms with Crippen molar-refractivity contribution < 1.29 is 8.42 Å². The molecule has 1 aromatic rings. The molecule has 0 saturated carbocycles. The second kappa shape index (κ2) is 6.16. The first-order valence-corrected chi connectivity index (χ1v) is 8.13. The van der Waals surface area contributed by atoms with Crippen molar-refractivity contribution in [3.05, 3.63) is 42.0 Å².